The largest absolute Gasteiger partial charge is 0.451 e. The third-order valence-corrected chi connectivity index (χ3v) is 4.31. The van der Waals surface area contributed by atoms with Crippen LogP contribution >= 0.6 is 0 Å². The van der Waals surface area contributed by atoms with Gasteiger partial charge in [-0.3, -0.25) is 19.3 Å². The molecule has 0 unspecified atom stereocenters. The Labute approximate surface area is 158 Å². The minimum absolute atomic E-state index is 0.307. The van der Waals surface area contributed by atoms with E-state index in [4.69, 9.17) is 4.74 Å². The van der Waals surface area contributed by atoms with Gasteiger partial charge in [0.1, 0.15) is 12.1 Å². The fourth-order valence-electron chi connectivity index (χ4n) is 2.40. The molecule has 1 aromatic rings. The van der Waals surface area contributed by atoms with Crippen LogP contribution in [0.3, 0.4) is 0 Å². The molecule has 4 amide bonds. The number of nitrogens with one attached hydrogen (secondary N) is 2. The van der Waals surface area contributed by atoms with Gasteiger partial charge < -0.3 is 15.4 Å². The molecule has 8 nitrogen and oxygen atoms in total. The first kappa shape index (κ1) is 21.2. The first-order chi connectivity index (χ1) is 13.0. The average Bonchev–Trinajstić information content (AvgIpc) is 2.85. The number of carbonyl (C=O) groups is 4. The topological polar surface area (TPSA) is 105 Å². The molecule has 0 aromatic heterocycles. The summed E-state index contributed by atoms with van der Waals surface area (Å²) in [6.45, 7) is 3.61. The van der Waals surface area contributed by atoms with Crippen molar-refractivity contribution in [1.82, 2.24) is 10.2 Å². The maximum absolute atomic E-state index is 13.6. The van der Waals surface area contributed by atoms with Gasteiger partial charge in [-0.25, -0.2) is 18.0 Å². The first-order valence-corrected chi connectivity index (χ1v) is 8.28. The van der Waals surface area contributed by atoms with Crippen LogP contribution in [0.5, 0.6) is 0 Å². The standard InChI is InChI=1S/C17H18F3N3O5/c1-4-17(3)15(26)23(16(27)22-17)7-11(24)28-8(2)14(25)21-10-6-5-9(18)12(19)13(10)20/h5-6,8H,4,7H2,1-3H3,(H,21,25)(H,22,27)/t8-,17+/m1/s1. The SMILES string of the molecule is CC[C@]1(C)NC(=O)N(CC(=O)O[C@H](C)C(=O)Nc2ccc(F)c(F)c2F)C1=O. The van der Waals surface area contributed by atoms with Gasteiger partial charge in [-0.15, -0.1) is 0 Å². The number of urea groups is 1. The molecule has 2 rings (SSSR count). The number of esters is 1. The zero-order valence-corrected chi connectivity index (χ0v) is 15.3. The van der Waals surface area contributed by atoms with Crippen LogP contribution in [-0.2, 0) is 19.1 Å². The van der Waals surface area contributed by atoms with Gasteiger partial charge in [-0.1, -0.05) is 6.92 Å². The zero-order chi connectivity index (χ0) is 21.2. The Morgan fingerprint density at radius 3 is 2.46 bits per heavy atom. The van der Waals surface area contributed by atoms with Gasteiger partial charge in [0.2, 0.25) is 0 Å². The smallest absolute Gasteiger partial charge is 0.327 e. The van der Waals surface area contributed by atoms with Crippen molar-refractivity contribution in [2.75, 3.05) is 11.9 Å². The van der Waals surface area contributed by atoms with E-state index in [0.29, 0.717) is 17.4 Å². The van der Waals surface area contributed by atoms with Crippen LogP contribution in [0.25, 0.3) is 0 Å². The number of rotatable bonds is 6. The number of imide groups is 1. The van der Waals surface area contributed by atoms with Crippen molar-refractivity contribution in [3.05, 3.63) is 29.6 Å². The summed E-state index contributed by atoms with van der Waals surface area (Å²) in [5.41, 5.74) is -1.77. The Balaban J connectivity index is 1.97. The summed E-state index contributed by atoms with van der Waals surface area (Å²) < 4.78 is 44.5. The van der Waals surface area contributed by atoms with E-state index >= 15 is 0 Å². The van der Waals surface area contributed by atoms with Crippen molar-refractivity contribution in [2.24, 2.45) is 0 Å². The van der Waals surface area contributed by atoms with Crippen LogP contribution in [0.1, 0.15) is 27.2 Å². The van der Waals surface area contributed by atoms with Gasteiger partial charge in [0.05, 0.1) is 5.69 Å². The molecule has 1 aromatic carbocycles. The van der Waals surface area contributed by atoms with Crippen molar-refractivity contribution in [3.8, 4) is 0 Å². The van der Waals surface area contributed by atoms with Crippen molar-refractivity contribution >= 4 is 29.5 Å². The minimum atomic E-state index is -1.76. The summed E-state index contributed by atoms with van der Waals surface area (Å²) in [7, 11) is 0. The third kappa shape index (κ3) is 4.07. The number of hydrogen-bond donors (Lipinski definition) is 2. The van der Waals surface area contributed by atoms with Crippen molar-refractivity contribution < 1.29 is 37.1 Å². The molecule has 0 aliphatic carbocycles. The molecule has 1 aliphatic rings. The third-order valence-electron chi connectivity index (χ3n) is 4.31. The molecule has 1 heterocycles. The molecular formula is C17H18F3N3O5. The Morgan fingerprint density at radius 1 is 1.25 bits per heavy atom. The first-order valence-electron chi connectivity index (χ1n) is 8.28. The summed E-state index contributed by atoms with van der Waals surface area (Å²) >= 11 is 0. The van der Waals surface area contributed by atoms with Gasteiger partial charge in [0.25, 0.3) is 11.8 Å². The highest BCUT2D eigenvalue weighted by molar-refractivity contribution is 6.08. The molecule has 0 spiro atoms. The average molecular weight is 401 g/mol. The van der Waals surface area contributed by atoms with E-state index in [2.05, 4.69) is 5.32 Å². The van der Waals surface area contributed by atoms with Crippen molar-refractivity contribution in [3.63, 3.8) is 0 Å². The predicted molar refractivity (Wildman–Crippen MR) is 89.4 cm³/mol. The second-order valence-electron chi connectivity index (χ2n) is 6.35. The molecule has 28 heavy (non-hydrogen) atoms. The summed E-state index contributed by atoms with van der Waals surface area (Å²) in [6.07, 6.45) is -1.15. The quantitative estimate of drug-likeness (QED) is 0.429. The zero-order valence-electron chi connectivity index (χ0n) is 15.3. The van der Waals surface area contributed by atoms with Crippen LogP contribution < -0.4 is 10.6 Å². The number of amides is 4. The van der Waals surface area contributed by atoms with Crippen LogP contribution in [0.15, 0.2) is 12.1 Å². The van der Waals surface area contributed by atoms with E-state index in [1.807, 2.05) is 5.32 Å². The second-order valence-corrected chi connectivity index (χ2v) is 6.35. The van der Waals surface area contributed by atoms with Gasteiger partial charge >= 0.3 is 12.0 Å². The molecule has 1 fully saturated rings. The van der Waals surface area contributed by atoms with E-state index in [1.54, 1.807) is 6.92 Å². The summed E-state index contributed by atoms with van der Waals surface area (Å²) in [4.78, 5) is 48.7. The molecule has 1 saturated heterocycles. The van der Waals surface area contributed by atoms with Crippen LogP contribution in [0, 0.1) is 17.5 Å². The molecule has 0 saturated carbocycles. The van der Waals surface area contributed by atoms with E-state index < -0.39 is 65.1 Å². The molecule has 2 N–H and O–H groups in total. The van der Waals surface area contributed by atoms with E-state index in [1.165, 1.54) is 6.92 Å². The van der Waals surface area contributed by atoms with Crippen molar-refractivity contribution in [2.45, 2.75) is 38.8 Å². The van der Waals surface area contributed by atoms with Gasteiger partial charge in [-0.2, -0.15) is 0 Å². The van der Waals surface area contributed by atoms with Crippen LogP contribution in [0.2, 0.25) is 0 Å². The fourth-order valence-corrected chi connectivity index (χ4v) is 2.40. The highest BCUT2D eigenvalue weighted by atomic mass is 19.2. The van der Waals surface area contributed by atoms with E-state index in [9.17, 15) is 32.3 Å². The molecule has 2 atom stereocenters. The molecule has 152 valence electrons. The minimum Gasteiger partial charge on any atom is -0.451 e. The molecule has 11 heteroatoms. The van der Waals surface area contributed by atoms with Crippen molar-refractivity contribution in [1.29, 1.82) is 0 Å². The number of halogens is 3. The number of nitrogens with zero attached hydrogens (tertiary/aromatic N) is 1. The predicted octanol–water partition coefficient (Wildman–Crippen LogP) is 1.69. The lowest BCUT2D eigenvalue weighted by atomic mass is 9.99. The Morgan fingerprint density at radius 2 is 1.89 bits per heavy atom. The van der Waals surface area contributed by atoms with Gasteiger partial charge in [0.15, 0.2) is 23.6 Å². The number of benzene rings is 1. The number of anilines is 1. The van der Waals surface area contributed by atoms with Crippen LogP contribution in [-0.4, -0.2) is 46.9 Å². The fraction of sp³-hybridized carbons (Fsp3) is 0.412. The molecule has 0 bridgehead atoms. The maximum atomic E-state index is 13.6. The molecule has 0 radical (unpaired) electrons. The number of hydrogen-bond acceptors (Lipinski definition) is 5. The van der Waals surface area contributed by atoms with E-state index in [-0.39, 0.29) is 0 Å². The van der Waals surface area contributed by atoms with Gasteiger partial charge in [-0.05, 0) is 32.4 Å². The Hall–Kier alpha value is -3.11. The second kappa shape index (κ2) is 7.87. The summed E-state index contributed by atoms with van der Waals surface area (Å²) in [6, 6.07) is 0.652. The number of ether oxygens (including phenoxy) is 1. The lowest BCUT2D eigenvalue weighted by Crippen LogP contribution is -2.44. The van der Waals surface area contributed by atoms with Crippen LogP contribution in [0.4, 0.5) is 23.7 Å². The Kier molecular flexibility index (Phi) is 5.95. The monoisotopic (exact) mass is 401 g/mol. The molecule has 1 aliphatic heterocycles. The summed E-state index contributed by atoms with van der Waals surface area (Å²) in [5.74, 6) is -7.49. The van der Waals surface area contributed by atoms with Gasteiger partial charge in [0, 0.05) is 0 Å². The molecular weight excluding hydrogens is 383 g/mol. The summed E-state index contributed by atoms with van der Waals surface area (Å²) in [5, 5.41) is 4.41. The maximum Gasteiger partial charge on any atom is 0.327 e. The van der Waals surface area contributed by atoms with E-state index in [0.717, 1.165) is 13.0 Å². The lowest BCUT2D eigenvalue weighted by Gasteiger charge is -2.19. The lowest BCUT2D eigenvalue weighted by molar-refractivity contribution is -0.155. The highest BCUT2D eigenvalue weighted by Crippen LogP contribution is 2.21. The highest BCUT2D eigenvalue weighted by Gasteiger charge is 2.47. The number of carbonyl (C=O) groups excluding carboxylic acids is 4. The normalized spacial score (nSPS) is 20.0. The Bertz CT molecular complexity index is 848.